The van der Waals surface area contributed by atoms with E-state index in [4.69, 9.17) is 4.42 Å². The van der Waals surface area contributed by atoms with Crippen molar-refractivity contribution in [2.24, 2.45) is 7.05 Å². The summed E-state index contributed by atoms with van der Waals surface area (Å²) < 4.78 is 48.2. The molecule has 0 unspecified atom stereocenters. The number of alkyl halides is 3. The highest BCUT2D eigenvalue weighted by atomic mass is 32.2. The lowest BCUT2D eigenvalue weighted by Crippen LogP contribution is -2.12. The van der Waals surface area contributed by atoms with Crippen molar-refractivity contribution in [3.8, 4) is 0 Å². The van der Waals surface area contributed by atoms with Crippen molar-refractivity contribution < 1.29 is 27.1 Å². The van der Waals surface area contributed by atoms with Gasteiger partial charge in [-0.2, -0.15) is 13.2 Å². The minimum Gasteiger partial charge on any atom is -0.463 e. The van der Waals surface area contributed by atoms with E-state index in [1.807, 2.05) is 0 Å². The van der Waals surface area contributed by atoms with Crippen LogP contribution >= 0.6 is 11.8 Å². The van der Waals surface area contributed by atoms with Crippen molar-refractivity contribution in [2.75, 3.05) is 7.11 Å². The smallest absolute Gasteiger partial charge is 0.451 e. The first kappa shape index (κ1) is 15.4. The molecule has 0 amide bonds. The lowest BCUT2D eigenvalue weighted by Gasteiger charge is -2.05. The van der Waals surface area contributed by atoms with Gasteiger partial charge in [-0.3, -0.25) is 0 Å². The minimum absolute atomic E-state index is 0.0297. The van der Waals surface area contributed by atoms with Crippen molar-refractivity contribution in [3.05, 3.63) is 29.5 Å². The summed E-state index contributed by atoms with van der Waals surface area (Å²) in [4.78, 5) is 11.2. The molecule has 0 aliphatic rings. The maximum Gasteiger partial charge on any atom is 0.451 e. The van der Waals surface area contributed by atoms with Crippen LogP contribution in [0, 0.1) is 0 Å². The number of aromatic nitrogens is 3. The van der Waals surface area contributed by atoms with Gasteiger partial charge >= 0.3 is 12.1 Å². The van der Waals surface area contributed by atoms with Crippen LogP contribution in [0.3, 0.4) is 0 Å². The third kappa shape index (κ3) is 3.38. The average Bonchev–Trinajstić information content (AvgIpc) is 3.01. The molecule has 0 radical (unpaired) electrons. The topological polar surface area (TPSA) is 70.2 Å². The molecule has 0 N–H and O–H groups in total. The first-order valence-electron chi connectivity index (χ1n) is 5.59. The SMILES string of the molecule is COC(=O)c1ccc(CSc2nnc(C(F)(F)F)n2C)o1. The molecule has 114 valence electrons. The molecule has 0 fully saturated rings. The second-order valence-corrected chi connectivity index (χ2v) is 4.85. The number of methoxy groups -OCH3 is 1. The predicted octanol–water partition coefficient (Wildman–Crippen LogP) is 2.51. The summed E-state index contributed by atoms with van der Waals surface area (Å²) in [6.07, 6.45) is -4.55. The number of thioether (sulfide) groups is 1. The molecule has 21 heavy (non-hydrogen) atoms. The van der Waals surface area contributed by atoms with E-state index in [-0.39, 0.29) is 16.7 Å². The van der Waals surface area contributed by atoms with Crippen LogP contribution in [0.5, 0.6) is 0 Å². The Morgan fingerprint density at radius 1 is 1.43 bits per heavy atom. The predicted molar refractivity (Wildman–Crippen MR) is 65.6 cm³/mol. The van der Waals surface area contributed by atoms with Crippen LogP contribution in [0.25, 0.3) is 0 Å². The largest absolute Gasteiger partial charge is 0.463 e. The number of hydrogen-bond donors (Lipinski definition) is 0. The maximum absolute atomic E-state index is 12.6. The van der Waals surface area contributed by atoms with Crippen molar-refractivity contribution in [2.45, 2.75) is 17.1 Å². The van der Waals surface area contributed by atoms with E-state index in [1.54, 1.807) is 6.07 Å². The second-order valence-electron chi connectivity index (χ2n) is 3.91. The molecule has 2 heterocycles. The minimum atomic E-state index is -4.55. The van der Waals surface area contributed by atoms with Crippen LogP contribution in [-0.4, -0.2) is 27.8 Å². The molecule has 0 spiro atoms. The fourth-order valence-electron chi connectivity index (χ4n) is 1.49. The monoisotopic (exact) mass is 321 g/mol. The van der Waals surface area contributed by atoms with Crippen LogP contribution in [-0.2, 0) is 23.7 Å². The first-order chi connectivity index (χ1) is 9.82. The van der Waals surface area contributed by atoms with E-state index in [0.29, 0.717) is 5.76 Å². The molecule has 2 aromatic heterocycles. The van der Waals surface area contributed by atoms with Gasteiger partial charge in [0, 0.05) is 7.05 Å². The van der Waals surface area contributed by atoms with Gasteiger partial charge in [0.25, 0.3) is 0 Å². The van der Waals surface area contributed by atoms with Crippen LogP contribution in [0.4, 0.5) is 13.2 Å². The summed E-state index contributed by atoms with van der Waals surface area (Å²) in [5.41, 5.74) is 0. The molecule has 0 aromatic carbocycles. The number of carbonyl (C=O) groups excluding carboxylic acids is 1. The summed E-state index contributed by atoms with van der Waals surface area (Å²) in [6, 6.07) is 2.97. The van der Waals surface area contributed by atoms with E-state index in [2.05, 4.69) is 14.9 Å². The number of hydrogen-bond acceptors (Lipinski definition) is 6. The molecule has 6 nitrogen and oxygen atoms in total. The van der Waals surface area contributed by atoms with Gasteiger partial charge in [-0.05, 0) is 12.1 Å². The number of ether oxygens (including phenoxy) is 1. The molecule has 0 aliphatic heterocycles. The molecule has 2 aromatic rings. The summed E-state index contributed by atoms with van der Waals surface area (Å²) in [5.74, 6) is -1.04. The average molecular weight is 321 g/mol. The quantitative estimate of drug-likeness (QED) is 0.636. The number of rotatable bonds is 4. The van der Waals surface area contributed by atoms with E-state index >= 15 is 0 Å². The first-order valence-corrected chi connectivity index (χ1v) is 6.58. The zero-order chi connectivity index (χ0) is 15.6. The van der Waals surface area contributed by atoms with Crippen molar-refractivity contribution in [1.29, 1.82) is 0 Å². The standard InChI is InChI=1S/C11H10F3N3O3S/c1-17-9(11(12,13)14)15-16-10(17)21-5-6-3-4-7(20-6)8(18)19-2/h3-4H,5H2,1-2H3. The number of furan rings is 1. The molecular formula is C11H10F3N3O3S. The molecule has 0 atom stereocenters. The number of halogens is 3. The molecule has 0 saturated heterocycles. The summed E-state index contributed by atoms with van der Waals surface area (Å²) in [5, 5.41) is 6.68. The highest BCUT2D eigenvalue weighted by molar-refractivity contribution is 7.98. The van der Waals surface area contributed by atoms with Crippen LogP contribution in [0.2, 0.25) is 0 Å². The van der Waals surface area contributed by atoms with Gasteiger partial charge in [-0.1, -0.05) is 11.8 Å². The zero-order valence-corrected chi connectivity index (χ0v) is 11.8. The Hall–Kier alpha value is -1.97. The highest BCUT2D eigenvalue weighted by Gasteiger charge is 2.37. The van der Waals surface area contributed by atoms with Crippen molar-refractivity contribution in [1.82, 2.24) is 14.8 Å². The Bertz CT molecular complexity index is 651. The van der Waals surface area contributed by atoms with Gasteiger partial charge in [-0.15, -0.1) is 10.2 Å². The Morgan fingerprint density at radius 3 is 2.71 bits per heavy atom. The van der Waals surface area contributed by atoms with Gasteiger partial charge in [0.1, 0.15) is 5.76 Å². The summed E-state index contributed by atoms with van der Waals surface area (Å²) in [7, 11) is 2.45. The lowest BCUT2D eigenvalue weighted by molar-refractivity contribution is -0.147. The molecule has 0 aliphatic carbocycles. The van der Waals surface area contributed by atoms with Gasteiger partial charge in [-0.25, -0.2) is 4.79 Å². The van der Waals surface area contributed by atoms with Gasteiger partial charge < -0.3 is 13.7 Å². The molecule has 10 heteroatoms. The van der Waals surface area contributed by atoms with Crippen LogP contribution < -0.4 is 0 Å². The summed E-state index contributed by atoms with van der Waals surface area (Å²) in [6.45, 7) is 0. The normalized spacial score (nSPS) is 11.7. The lowest BCUT2D eigenvalue weighted by atomic mass is 10.4. The number of nitrogens with zero attached hydrogens (tertiary/aromatic N) is 3. The third-order valence-corrected chi connectivity index (χ3v) is 3.52. The van der Waals surface area contributed by atoms with E-state index in [0.717, 1.165) is 16.3 Å². The fraction of sp³-hybridized carbons (Fsp3) is 0.364. The molecule has 0 saturated carbocycles. The van der Waals surface area contributed by atoms with Crippen LogP contribution in [0.15, 0.2) is 21.7 Å². The number of carbonyl (C=O) groups is 1. The van der Waals surface area contributed by atoms with E-state index in [1.165, 1.54) is 20.2 Å². The Balaban J connectivity index is 2.05. The van der Waals surface area contributed by atoms with Crippen molar-refractivity contribution >= 4 is 17.7 Å². The summed E-state index contributed by atoms with van der Waals surface area (Å²) >= 11 is 1.01. The number of esters is 1. The molecule has 0 bridgehead atoms. The van der Waals surface area contributed by atoms with Gasteiger partial charge in [0.2, 0.25) is 11.6 Å². The van der Waals surface area contributed by atoms with E-state index in [9.17, 15) is 18.0 Å². The second kappa shape index (κ2) is 5.80. The fourth-order valence-corrected chi connectivity index (χ4v) is 2.29. The highest BCUT2D eigenvalue weighted by Crippen LogP contribution is 2.30. The van der Waals surface area contributed by atoms with Crippen molar-refractivity contribution in [3.63, 3.8) is 0 Å². The zero-order valence-electron chi connectivity index (χ0n) is 11.0. The maximum atomic E-state index is 12.6. The Labute approximate surface area is 121 Å². The molecule has 2 rings (SSSR count). The molecular weight excluding hydrogens is 311 g/mol. The van der Waals surface area contributed by atoms with E-state index < -0.39 is 18.0 Å². The van der Waals surface area contributed by atoms with Gasteiger partial charge in [0.05, 0.1) is 12.9 Å². The van der Waals surface area contributed by atoms with Crippen LogP contribution in [0.1, 0.15) is 22.1 Å². The van der Waals surface area contributed by atoms with Gasteiger partial charge in [0.15, 0.2) is 5.16 Å². The Morgan fingerprint density at radius 2 is 2.14 bits per heavy atom. The Kier molecular flexibility index (Phi) is 4.26. The third-order valence-electron chi connectivity index (χ3n) is 2.48.